The van der Waals surface area contributed by atoms with Gasteiger partial charge in [-0.2, -0.15) is 4.31 Å². The summed E-state index contributed by atoms with van der Waals surface area (Å²) in [5, 5.41) is 0. The summed E-state index contributed by atoms with van der Waals surface area (Å²) in [6.45, 7) is 6.05. The van der Waals surface area contributed by atoms with Gasteiger partial charge in [0.2, 0.25) is 10.0 Å². The molecule has 20 heavy (non-hydrogen) atoms. The number of piperazine rings is 1. The van der Waals surface area contributed by atoms with E-state index in [-0.39, 0.29) is 42.4 Å². The Morgan fingerprint density at radius 3 is 2.30 bits per heavy atom. The lowest BCUT2D eigenvalue weighted by Crippen LogP contribution is -2.53. The number of halogens is 1. The Labute approximate surface area is 138 Å². The van der Waals surface area contributed by atoms with E-state index in [2.05, 4.69) is 4.99 Å². The van der Waals surface area contributed by atoms with Crippen molar-refractivity contribution in [2.75, 3.05) is 45.6 Å². The Balaban J connectivity index is 0.00000361. The van der Waals surface area contributed by atoms with Crippen LogP contribution in [-0.4, -0.2) is 75.3 Å². The normalized spacial score (nSPS) is 18.2. The molecule has 7 nitrogen and oxygen atoms in total. The molecule has 0 aromatic carbocycles. The first kappa shape index (κ1) is 19.9. The minimum absolute atomic E-state index is 0. The molecule has 0 aliphatic carbocycles. The average molecular weight is 420 g/mol. The van der Waals surface area contributed by atoms with Gasteiger partial charge in [-0.3, -0.25) is 4.99 Å². The van der Waals surface area contributed by atoms with Crippen molar-refractivity contribution in [3.63, 3.8) is 0 Å². The molecule has 0 bridgehead atoms. The molecule has 1 aliphatic rings. The van der Waals surface area contributed by atoms with E-state index in [1.165, 1.54) is 4.31 Å². The number of nitrogens with zero attached hydrogens (tertiary/aromatic N) is 3. The molecule has 1 aliphatic heterocycles. The average Bonchev–Trinajstić information content (AvgIpc) is 2.37. The summed E-state index contributed by atoms with van der Waals surface area (Å²) in [4.78, 5) is 5.79. The Morgan fingerprint density at radius 2 is 1.85 bits per heavy atom. The van der Waals surface area contributed by atoms with E-state index in [1.54, 1.807) is 7.05 Å². The SMILES string of the molecule is CN=C(N)N1CCN(S(=O)(=O)CCOC(C)C)CC1.I. The van der Waals surface area contributed by atoms with Crippen LogP contribution in [0.1, 0.15) is 13.8 Å². The number of guanidine groups is 1. The topological polar surface area (TPSA) is 88.2 Å². The molecule has 0 aromatic heterocycles. The molecule has 0 amide bonds. The number of sulfonamides is 1. The quantitative estimate of drug-likeness (QED) is 0.382. The van der Waals surface area contributed by atoms with Crippen LogP contribution in [0, 0.1) is 0 Å². The Hall–Kier alpha value is -0.130. The Bertz CT molecular complexity index is 406. The van der Waals surface area contributed by atoms with Gasteiger partial charge < -0.3 is 15.4 Å². The summed E-state index contributed by atoms with van der Waals surface area (Å²) in [7, 11) is -1.61. The predicted octanol–water partition coefficient (Wildman–Crippen LogP) is -0.0787. The lowest BCUT2D eigenvalue weighted by Gasteiger charge is -2.34. The van der Waals surface area contributed by atoms with Crippen LogP contribution in [0.5, 0.6) is 0 Å². The van der Waals surface area contributed by atoms with Crippen LogP contribution < -0.4 is 5.73 Å². The highest BCUT2D eigenvalue weighted by atomic mass is 127. The first-order valence-electron chi connectivity index (χ1n) is 6.43. The van der Waals surface area contributed by atoms with Crippen LogP contribution in [0.4, 0.5) is 0 Å². The summed E-state index contributed by atoms with van der Waals surface area (Å²) in [5.74, 6) is 0.489. The van der Waals surface area contributed by atoms with Gasteiger partial charge in [-0.15, -0.1) is 24.0 Å². The first-order chi connectivity index (χ1) is 8.86. The zero-order chi connectivity index (χ0) is 14.5. The van der Waals surface area contributed by atoms with Crippen molar-refractivity contribution >= 4 is 40.0 Å². The van der Waals surface area contributed by atoms with Crippen molar-refractivity contribution in [1.29, 1.82) is 0 Å². The van der Waals surface area contributed by atoms with Crippen molar-refractivity contribution in [2.24, 2.45) is 10.7 Å². The highest BCUT2D eigenvalue weighted by Gasteiger charge is 2.27. The summed E-state index contributed by atoms with van der Waals surface area (Å²) in [5.41, 5.74) is 5.70. The van der Waals surface area contributed by atoms with Crippen LogP contribution in [0.3, 0.4) is 0 Å². The third-order valence-electron chi connectivity index (χ3n) is 2.98. The minimum Gasteiger partial charge on any atom is -0.378 e. The number of ether oxygens (including phenoxy) is 1. The van der Waals surface area contributed by atoms with Gasteiger partial charge >= 0.3 is 0 Å². The number of rotatable bonds is 5. The predicted molar refractivity (Wildman–Crippen MR) is 91.0 cm³/mol. The van der Waals surface area contributed by atoms with E-state index in [4.69, 9.17) is 10.5 Å². The van der Waals surface area contributed by atoms with E-state index >= 15 is 0 Å². The number of nitrogens with two attached hydrogens (primary N) is 1. The molecule has 0 spiro atoms. The van der Waals surface area contributed by atoms with E-state index in [9.17, 15) is 8.42 Å². The number of hydrogen-bond donors (Lipinski definition) is 1. The fraction of sp³-hybridized carbons (Fsp3) is 0.909. The van der Waals surface area contributed by atoms with Crippen molar-refractivity contribution in [3.8, 4) is 0 Å². The lowest BCUT2D eigenvalue weighted by molar-refractivity contribution is 0.0905. The third kappa shape index (κ3) is 6.10. The Morgan fingerprint density at radius 1 is 1.30 bits per heavy atom. The van der Waals surface area contributed by atoms with E-state index in [0.29, 0.717) is 32.1 Å². The Kier molecular flexibility index (Phi) is 8.95. The number of hydrogen-bond acceptors (Lipinski definition) is 4. The zero-order valence-corrected chi connectivity index (χ0v) is 15.4. The molecule has 1 heterocycles. The maximum atomic E-state index is 12.1. The van der Waals surface area contributed by atoms with Gasteiger partial charge in [0.05, 0.1) is 18.5 Å². The number of aliphatic imine (C=N–C) groups is 1. The van der Waals surface area contributed by atoms with Gasteiger partial charge in [-0.25, -0.2) is 8.42 Å². The van der Waals surface area contributed by atoms with Crippen LogP contribution in [0.15, 0.2) is 4.99 Å². The standard InChI is InChI=1S/C11H24N4O3S.HI/c1-10(2)18-8-9-19(16,17)15-6-4-14(5-7-15)11(12)13-3;/h10H,4-9H2,1-3H3,(H2,12,13);1H. The van der Waals surface area contributed by atoms with Crippen molar-refractivity contribution < 1.29 is 13.2 Å². The highest BCUT2D eigenvalue weighted by molar-refractivity contribution is 14.0. The molecule has 0 aromatic rings. The maximum absolute atomic E-state index is 12.1. The molecule has 1 rings (SSSR count). The molecule has 9 heteroatoms. The summed E-state index contributed by atoms with van der Waals surface area (Å²) in [6.07, 6.45) is 0.0487. The second-order valence-electron chi connectivity index (χ2n) is 4.70. The maximum Gasteiger partial charge on any atom is 0.216 e. The highest BCUT2D eigenvalue weighted by Crippen LogP contribution is 2.08. The monoisotopic (exact) mass is 420 g/mol. The second kappa shape index (κ2) is 9.00. The van der Waals surface area contributed by atoms with Crippen molar-refractivity contribution in [2.45, 2.75) is 20.0 Å². The third-order valence-corrected chi connectivity index (χ3v) is 4.81. The molecule has 1 fully saturated rings. The molecule has 0 radical (unpaired) electrons. The van der Waals surface area contributed by atoms with Gasteiger partial charge in [-0.05, 0) is 13.8 Å². The first-order valence-corrected chi connectivity index (χ1v) is 8.04. The largest absolute Gasteiger partial charge is 0.378 e. The van der Waals surface area contributed by atoms with Gasteiger partial charge in [0, 0.05) is 33.2 Å². The smallest absolute Gasteiger partial charge is 0.216 e. The summed E-state index contributed by atoms with van der Waals surface area (Å²) >= 11 is 0. The van der Waals surface area contributed by atoms with Crippen LogP contribution in [0.25, 0.3) is 0 Å². The molecule has 2 N–H and O–H groups in total. The fourth-order valence-electron chi connectivity index (χ4n) is 1.86. The molecule has 0 unspecified atom stereocenters. The summed E-state index contributed by atoms with van der Waals surface area (Å²) < 4.78 is 30.9. The molecule has 0 saturated carbocycles. The van der Waals surface area contributed by atoms with Gasteiger partial charge in [0.25, 0.3) is 0 Å². The van der Waals surface area contributed by atoms with E-state index < -0.39 is 10.0 Å². The van der Waals surface area contributed by atoms with Crippen molar-refractivity contribution in [3.05, 3.63) is 0 Å². The van der Waals surface area contributed by atoms with Crippen LogP contribution in [0.2, 0.25) is 0 Å². The van der Waals surface area contributed by atoms with Crippen LogP contribution in [-0.2, 0) is 14.8 Å². The molecule has 120 valence electrons. The van der Waals surface area contributed by atoms with Gasteiger partial charge in [0.15, 0.2) is 5.96 Å². The van der Waals surface area contributed by atoms with Gasteiger partial charge in [0.1, 0.15) is 0 Å². The van der Waals surface area contributed by atoms with Gasteiger partial charge in [-0.1, -0.05) is 0 Å². The second-order valence-corrected chi connectivity index (χ2v) is 6.79. The van der Waals surface area contributed by atoms with Crippen molar-refractivity contribution in [1.82, 2.24) is 9.21 Å². The summed E-state index contributed by atoms with van der Waals surface area (Å²) in [6, 6.07) is 0. The lowest BCUT2D eigenvalue weighted by atomic mass is 10.4. The zero-order valence-electron chi connectivity index (χ0n) is 12.3. The minimum atomic E-state index is -3.23. The molecular weight excluding hydrogens is 395 g/mol. The molecular formula is C11H25IN4O3S. The molecule has 1 saturated heterocycles. The fourth-order valence-corrected chi connectivity index (χ4v) is 3.14. The van der Waals surface area contributed by atoms with E-state index in [1.807, 2.05) is 18.7 Å². The van der Waals surface area contributed by atoms with Crippen LogP contribution >= 0.6 is 24.0 Å². The van der Waals surface area contributed by atoms with E-state index in [0.717, 1.165) is 0 Å². The molecule has 0 atom stereocenters.